The van der Waals surface area contributed by atoms with Gasteiger partial charge in [0.1, 0.15) is 11.5 Å². The van der Waals surface area contributed by atoms with Crippen LogP contribution in [-0.2, 0) is 0 Å². The van der Waals surface area contributed by atoms with E-state index in [0.717, 1.165) is 5.56 Å². The Bertz CT molecular complexity index is 901. The molecule has 0 radical (unpaired) electrons. The second kappa shape index (κ2) is 6.61. The van der Waals surface area contributed by atoms with Crippen molar-refractivity contribution in [1.82, 2.24) is 20.4 Å². The van der Waals surface area contributed by atoms with Gasteiger partial charge in [-0.05, 0) is 24.9 Å². The second-order valence-electron chi connectivity index (χ2n) is 4.71. The fourth-order valence-electron chi connectivity index (χ4n) is 2.09. The summed E-state index contributed by atoms with van der Waals surface area (Å²) < 4.78 is 5.54. The molecule has 0 fully saturated rings. The first-order chi connectivity index (χ1) is 11.7. The summed E-state index contributed by atoms with van der Waals surface area (Å²) >= 11 is 0. The summed E-state index contributed by atoms with van der Waals surface area (Å²) in [6, 6.07) is 3.29. The molecule has 8 heteroatoms. The lowest BCUT2D eigenvalue weighted by atomic mass is 10.2. The Kier molecular flexibility index (Phi) is 4.19. The van der Waals surface area contributed by atoms with Crippen LogP contribution >= 0.6 is 0 Å². The van der Waals surface area contributed by atoms with Crippen LogP contribution in [0.2, 0.25) is 0 Å². The van der Waals surface area contributed by atoms with E-state index in [-0.39, 0.29) is 5.76 Å². The van der Waals surface area contributed by atoms with E-state index >= 15 is 0 Å². The number of aliphatic imine (C=N–C) groups is 1. The van der Waals surface area contributed by atoms with Crippen LogP contribution in [0.5, 0.6) is 0 Å². The zero-order valence-electron chi connectivity index (χ0n) is 12.6. The summed E-state index contributed by atoms with van der Waals surface area (Å²) in [5.41, 5.74) is 2.25. The first-order valence-corrected chi connectivity index (χ1v) is 6.96. The molecular formula is C16H14N6O2. The lowest BCUT2D eigenvalue weighted by Gasteiger charge is -2.04. The number of nitrogens with zero attached hydrogens (tertiary/aromatic N) is 3. The number of H-pyrrole nitrogens is 2. The standard InChI is InChI=1S/C16H14N6O2/c1-3-4-11(17-2)15-12(9-20-22-15)21-16(23)14-6-5-13(24-14)10-7-18-19-8-10/h3-9H,1-2H2,(H,18,19)(H,20,22)(H,21,23)/b11-4-. The van der Waals surface area contributed by atoms with Crippen LogP contribution in [0.1, 0.15) is 16.2 Å². The average molecular weight is 322 g/mol. The van der Waals surface area contributed by atoms with Gasteiger partial charge in [0.05, 0.1) is 29.3 Å². The van der Waals surface area contributed by atoms with E-state index in [1.807, 2.05) is 0 Å². The van der Waals surface area contributed by atoms with E-state index in [2.05, 4.69) is 44.0 Å². The summed E-state index contributed by atoms with van der Waals surface area (Å²) in [4.78, 5) is 16.2. The Morgan fingerprint density at radius 1 is 1.33 bits per heavy atom. The minimum Gasteiger partial charge on any atom is -0.451 e. The molecule has 0 spiro atoms. The maximum Gasteiger partial charge on any atom is 0.291 e. The van der Waals surface area contributed by atoms with Crippen LogP contribution in [0.4, 0.5) is 5.69 Å². The van der Waals surface area contributed by atoms with E-state index < -0.39 is 5.91 Å². The summed E-state index contributed by atoms with van der Waals surface area (Å²) in [6.45, 7) is 7.11. The fourth-order valence-corrected chi connectivity index (χ4v) is 2.09. The van der Waals surface area contributed by atoms with Gasteiger partial charge in [-0.2, -0.15) is 10.2 Å². The lowest BCUT2D eigenvalue weighted by molar-refractivity contribution is 0.0997. The normalized spacial score (nSPS) is 11.2. The van der Waals surface area contributed by atoms with Gasteiger partial charge in [0, 0.05) is 6.20 Å². The Hall–Kier alpha value is -3.68. The Morgan fingerprint density at radius 3 is 2.92 bits per heavy atom. The largest absolute Gasteiger partial charge is 0.451 e. The highest BCUT2D eigenvalue weighted by Gasteiger charge is 2.16. The summed E-state index contributed by atoms with van der Waals surface area (Å²) in [7, 11) is 0. The van der Waals surface area contributed by atoms with E-state index in [9.17, 15) is 4.79 Å². The van der Waals surface area contributed by atoms with Crippen molar-refractivity contribution in [3.8, 4) is 11.3 Å². The quantitative estimate of drug-likeness (QED) is 0.478. The molecule has 8 nitrogen and oxygen atoms in total. The Labute approximate surface area is 137 Å². The molecule has 0 atom stereocenters. The highest BCUT2D eigenvalue weighted by Crippen LogP contribution is 2.24. The second-order valence-corrected chi connectivity index (χ2v) is 4.71. The van der Waals surface area contributed by atoms with Crippen molar-refractivity contribution in [2.24, 2.45) is 4.99 Å². The number of hydrogen-bond acceptors (Lipinski definition) is 5. The van der Waals surface area contributed by atoms with Gasteiger partial charge >= 0.3 is 0 Å². The van der Waals surface area contributed by atoms with Gasteiger partial charge in [0.15, 0.2) is 5.76 Å². The molecule has 0 saturated carbocycles. The minimum atomic E-state index is -0.408. The molecule has 0 aliphatic carbocycles. The molecular weight excluding hydrogens is 308 g/mol. The topological polar surface area (TPSA) is 112 Å². The van der Waals surface area contributed by atoms with Gasteiger partial charge in [-0.25, -0.2) is 0 Å². The molecule has 3 heterocycles. The Balaban J connectivity index is 1.81. The third-order valence-corrected chi connectivity index (χ3v) is 3.20. The molecule has 24 heavy (non-hydrogen) atoms. The number of allylic oxidation sites excluding steroid dienone is 2. The molecule has 0 aromatic carbocycles. The van der Waals surface area contributed by atoms with Crippen molar-refractivity contribution in [2.75, 3.05) is 5.32 Å². The number of amides is 1. The summed E-state index contributed by atoms with van der Waals surface area (Å²) in [5, 5.41) is 15.9. The maximum absolute atomic E-state index is 12.4. The number of aromatic nitrogens is 4. The minimum absolute atomic E-state index is 0.166. The van der Waals surface area contributed by atoms with Gasteiger partial charge in [0.25, 0.3) is 5.91 Å². The van der Waals surface area contributed by atoms with Crippen molar-refractivity contribution in [2.45, 2.75) is 0 Å². The number of hydrogen-bond donors (Lipinski definition) is 3. The van der Waals surface area contributed by atoms with Gasteiger partial charge in [-0.1, -0.05) is 12.7 Å². The molecule has 0 saturated heterocycles. The third kappa shape index (κ3) is 2.93. The molecule has 0 bridgehead atoms. The van der Waals surface area contributed by atoms with Gasteiger partial charge in [0.2, 0.25) is 0 Å². The van der Waals surface area contributed by atoms with Crippen LogP contribution < -0.4 is 5.32 Å². The van der Waals surface area contributed by atoms with Crippen molar-refractivity contribution in [1.29, 1.82) is 0 Å². The molecule has 3 aromatic rings. The molecule has 0 aliphatic rings. The van der Waals surface area contributed by atoms with Gasteiger partial charge in [-0.3, -0.25) is 20.0 Å². The molecule has 120 valence electrons. The predicted molar refractivity (Wildman–Crippen MR) is 90.6 cm³/mol. The summed E-state index contributed by atoms with van der Waals surface area (Å²) in [5.74, 6) is 0.301. The zero-order valence-corrected chi connectivity index (χ0v) is 12.6. The fraction of sp³-hybridized carbons (Fsp3) is 0. The molecule has 3 aromatic heterocycles. The number of furan rings is 1. The number of nitrogens with one attached hydrogen (secondary N) is 3. The van der Waals surface area contributed by atoms with Crippen LogP contribution in [-0.4, -0.2) is 33.0 Å². The van der Waals surface area contributed by atoms with E-state index in [1.165, 1.54) is 6.20 Å². The van der Waals surface area contributed by atoms with Crippen molar-refractivity contribution in [3.63, 3.8) is 0 Å². The monoisotopic (exact) mass is 322 g/mol. The molecule has 0 aliphatic heterocycles. The van der Waals surface area contributed by atoms with E-state index in [1.54, 1.807) is 36.7 Å². The van der Waals surface area contributed by atoms with Crippen LogP contribution in [0.3, 0.4) is 0 Å². The van der Waals surface area contributed by atoms with Crippen LogP contribution in [0.15, 0.2) is 58.9 Å². The first kappa shape index (κ1) is 15.2. The highest BCUT2D eigenvalue weighted by atomic mass is 16.3. The van der Waals surface area contributed by atoms with Crippen molar-refractivity contribution in [3.05, 3.63) is 60.9 Å². The number of rotatable bonds is 6. The van der Waals surface area contributed by atoms with Gasteiger partial charge < -0.3 is 9.73 Å². The van der Waals surface area contributed by atoms with Crippen molar-refractivity contribution >= 4 is 24.0 Å². The number of carbonyl (C=O) groups is 1. The van der Waals surface area contributed by atoms with Gasteiger partial charge in [-0.15, -0.1) is 0 Å². The molecule has 3 rings (SSSR count). The highest BCUT2D eigenvalue weighted by molar-refractivity contribution is 6.03. The lowest BCUT2D eigenvalue weighted by Crippen LogP contribution is -2.11. The molecule has 0 unspecified atom stereocenters. The zero-order chi connectivity index (χ0) is 16.9. The number of anilines is 1. The number of aromatic amines is 2. The third-order valence-electron chi connectivity index (χ3n) is 3.20. The SMILES string of the molecule is C=C/C=C(\N=C)c1[nH]ncc1NC(=O)c1ccc(-c2cn[nH]c2)o1. The predicted octanol–water partition coefficient (Wildman–Crippen LogP) is 2.87. The van der Waals surface area contributed by atoms with E-state index in [4.69, 9.17) is 4.42 Å². The average Bonchev–Trinajstić information content (AvgIpc) is 3.31. The van der Waals surface area contributed by atoms with Crippen LogP contribution in [0.25, 0.3) is 17.0 Å². The van der Waals surface area contributed by atoms with Crippen LogP contribution in [0, 0.1) is 0 Å². The maximum atomic E-state index is 12.4. The smallest absolute Gasteiger partial charge is 0.291 e. The summed E-state index contributed by atoms with van der Waals surface area (Å²) in [6.07, 6.45) is 7.99. The Morgan fingerprint density at radius 2 is 2.21 bits per heavy atom. The first-order valence-electron chi connectivity index (χ1n) is 6.96. The van der Waals surface area contributed by atoms with E-state index in [0.29, 0.717) is 22.8 Å². The number of carbonyl (C=O) groups excluding carboxylic acids is 1. The molecule has 1 amide bonds. The molecule has 3 N–H and O–H groups in total. The van der Waals surface area contributed by atoms with Crippen molar-refractivity contribution < 1.29 is 9.21 Å².